The lowest BCUT2D eigenvalue weighted by molar-refractivity contribution is -0.144. The number of hydrogen-bond acceptors (Lipinski definition) is 2. The summed E-state index contributed by atoms with van der Waals surface area (Å²) in [5, 5.41) is 8.90. The third-order valence-electron chi connectivity index (χ3n) is 2.09. The molecule has 12 heavy (non-hydrogen) atoms. The molecular formula is C9H19NO2. The van der Waals surface area contributed by atoms with E-state index in [1.807, 2.05) is 21.0 Å². The van der Waals surface area contributed by atoms with E-state index in [0.717, 1.165) is 12.8 Å². The van der Waals surface area contributed by atoms with Gasteiger partial charge in [0.05, 0.1) is 0 Å². The van der Waals surface area contributed by atoms with Gasteiger partial charge in [0.1, 0.15) is 6.04 Å². The van der Waals surface area contributed by atoms with Crippen LogP contribution in [0.15, 0.2) is 0 Å². The first-order valence-electron chi connectivity index (χ1n) is 4.40. The van der Waals surface area contributed by atoms with Crippen molar-refractivity contribution in [3.63, 3.8) is 0 Å². The number of hydrogen-bond donors (Lipinski definition) is 1. The van der Waals surface area contributed by atoms with Crippen molar-refractivity contribution in [3.8, 4) is 0 Å². The summed E-state index contributed by atoms with van der Waals surface area (Å²) >= 11 is 0. The minimum absolute atomic E-state index is 0.225. The molecule has 0 aromatic heterocycles. The Labute approximate surface area is 74.4 Å². The van der Waals surface area contributed by atoms with Gasteiger partial charge in [-0.15, -0.1) is 0 Å². The monoisotopic (exact) mass is 173 g/mol. The first kappa shape index (κ1) is 11.4. The number of nitrogens with zero attached hydrogens (tertiary/aromatic N) is 1. The van der Waals surface area contributed by atoms with Crippen LogP contribution in [0.2, 0.25) is 0 Å². The van der Waals surface area contributed by atoms with Gasteiger partial charge >= 0.3 is 5.97 Å². The molecule has 0 radical (unpaired) electrons. The van der Waals surface area contributed by atoms with Gasteiger partial charge in [0.25, 0.3) is 0 Å². The van der Waals surface area contributed by atoms with Gasteiger partial charge in [-0.1, -0.05) is 20.3 Å². The highest BCUT2D eigenvalue weighted by atomic mass is 16.4. The van der Waals surface area contributed by atoms with E-state index >= 15 is 0 Å². The molecule has 0 bridgehead atoms. The maximum Gasteiger partial charge on any atom is 0.321 e. The van der Waals surface area contributed by atoms with Crippen molar-refractivity contribution >= 4 is 5.97 Å². The van der Waals surface area contributed by atoms with Gasteiger partial charge in [-0.2, -0.15) is 0 Å². The van der Waals surface area contributed by atoms with Crippen molar-refractivity contribution in [3.05, 3.63) is 0 Å². The van der Waals surface area contributed by atoms with Crippen LogP contribution < -0.4 is 0 Å². The van der Waals surface area contributed by atoms with Crippen LogP contribution in [-0.2, 0) is 4.79 Å². The molecule has 0 aromatic carbocycles. The Morgan fingerprint density at radius 2 is 2.00 bits per heavy atom. The highest BCUT2D eigenvalue weighted by Crippen LogP contribution is 2.14. The van der Waals surface area contributed by atoms with Gasteiger partial charge in [0.15, 0.2) is 0 Å². The molecule has 0 amide bonds. The zero-order valence-electron chi connectivity index (χ0n) is 8.37. The summed E-state index contributed by atoms with van der Waals surface area (Å²) in [6.07, 6.45) is 2.01. The van der Waals surface area contributed by atoms with Gasteiger partial charge in [0.2, 0.25) is 0 Å². The molecule has 3 nitrogen and oxygen atoms in total. The van der Waals surface area contributed by atoms with Crippen molar-refractivity contribution in [2.75, 3.05) is 14.1 Å². The Kier molecular flexibility index (Phi) is 4.90. The molecule has 2 unspecified atom stereocenters. The number of likely N-dealkylation sites (N-methyl/N-ethyl adjacent to an activating group) is 1. The lowest BCUT2D eigenvalue weighted by atomic mass is 9.96. The van der Waals surface area contributed by atoms with E-state index in [9.17, 15) is 4.79 Å². The number of carbonyl (C=O) groups is 1. The van der Waals surface area contributed by atoms with Gasteiger partial charge in [-0.3, -0.25) is 9.69 Å². The number of carboxylic acid groups (broad SMARTS) is 1. The van der Waals surface area contributed by atoms with E-state index in [0.29, 0.717) is 0 Å². The standard InChI is InChI=1S/C9H19NO2/c1-5-6-7(2)8(9(11)12)10(3)4/h7-8H,5-6H2,1-4H3,(H,11,12). The Morgan fingerprint density at radius 3 is 2.25 bits per heavy atom. The topological polar surface area (TPSA) is 40.5 Å². The molecule has 72 valence electrons. The maximum atomic E-state index is 10.8. The number of aliphatic carboxylic acids is 1. The zero-order valence-corrected chi connectivity index (χ0v) is 8.37. The lowest BCUT2D eigenvalue weighted by Crippen LogP contribution is -2.40. The van der Waals surface area contributed by atoms with Crippen molar-refractivity contribution in [2.45, 2.75) is 32.7 Å². The Hall–Kier alpha value is -0.570. The summed E-state index contributed by atoms with van der Waals surface area (Å²) in [6.45, 7) is 4.06. The molecule has 3 heteroatoms. The fourth-order valence-corrected chi connectivity index (χ4v) is 1.59. The van der Waals surface area contributed by atoms with E-state index in [1.165, 1.54) is 0 Å². The van der Waals surface area contributed by atoms with Gasteiger partial charge < -0.3 is 5.11 Å². The molecule has 0 aliphatic carbocycles. The number of carboxylic acids is 1. The largest absolute Gasteiger partial charge is 0.480 e. The molecule has 0 heterocycles. The van der Waals surface area contributed by atoms with Crippen LogP contribution in [0.1, 0.15) is 26.7 Å². The van der Waals surface area contributed by atoms with Crippen LogP contribution in [-0.4, -0.2) is 36.1 Å². The fourth-order valence-electron chi connectivity index (χ4n) is 1.59. The minimum Gasteiger partial charge on any atom is -0.480 e. The normalized spacial score (nSPS) is 16.1. The second-order valence-corrected chi connectivity index (χ2v) is 3.51. The predicted molar refractivity (Wildman–Crippen MR) is 49.2 cm³/mol. The third-order valence-corrected chi connectivity index (χ3v) is 2.09. The molecule has 0 aromatic rings. The first-order chi connectivity index (χ1) is 5.50. The van der Waals surface area contributed by atoms with E-state index < -0.39 is 5.97 Å². The molecule has 1 N–H and O–H groups in total. The predicted octanol–water partition coefficient (Wildman–Crippen LogP) is 1.44. The van der Waals surface area contributed by atoms with Crippen LogP contribution in [0.25, 0.3) is 0 Å². The summed E-state index contributed by atoms with van der Waals surface area (Å²) in [6, 6.07) is -0.343. The van der Waals surface area contributed by atoms with Crippen molar-refractivity contribution in [1.82, 2.24) is 4.90 Å². The van der Waals surface area contributed by atoms with E-state index in [4.69, 9.17) is 5.11 Å². The number of rotatable bonds is 5. The summed E-state index contributed by atoms with van der Waals surface area (Å²) in [7, 11) is 3.62. The molecule has 0 spiro atoms. The molecule has 2 atom stereocenters. The van der Waals surface area contributed by atoms with Crippen LogP contribution in [0.5, 0.6) is 0 Å². The third kappa shape index (κ3) is 3.22. The highest BCUT2D eigenvalue weighted by molar-refractivity contribution is 5.73. The minimum atomic E-state index is -0.721. The van der Waals surface area contributed by atoms with Crippen molar-refractivity contribution in [2.24, 2.45) is 5.92 Å². The summed E-state index contributed by atoms with van der Waals surface area (Å²) in [4.78, 5) is 12.6. The van der Waals surface area contributed by atoms with Crippen LogP contribution >= 0.6 is 0 Å². The second-order valence-electron chi connectivity index (χ2n) is 3.51. The molecule has 0 saturated heterocycles. The second kappa shape index (κ2) is 5.14. The average Bonchev–Trinajstić information content (AvgIpc) is 1.85. The molecule has 0 fully saturated rings. The fraction of sp³-hybridized carbons (Fsp3) is 0.889. The summed E-state index contributed by atoms with van der Waals surface area (Å²) in [5.74, 6) is -0.497. The Bertz CT molecular complexity index is 145. The summed E-state index contributed by atoms with van der Waals surface area (Å²) in [5.41, 5.74) is 0. The van der Waals surface area contributed by atoms with Crippen LogP contribution in [0, 0.1) is 5.92 Å². The average molecular weight is 173 g/mol. The van der Waals surface area contributed by atoms with Gasteiger partial charge in [0, 0.05) is 0 Å². The van der Waals surface area contributed by atoms with Crippen LogP contribution in [0.4, 0.5) is 0 Å². The van der Waals surface area contributed by atoms with Crippen LogP contribution in [0.3, 0.4) is 0 Å². The van der Waals surface area contributed by atoms with Crippen molar-refractivity contribution in [1.29, 1.82) is 0 Å². The zero-order chi connectivity index (χ0) is 9.72. The highest BCUT2D eigenvalue weighted by Gasteiger charge is 2.25. The van der Waals surface area contributed by atoms with Gasteiger partial charge in [-0.25, -0.2) is 0 Å². The Morgan fingerprint density at radius 1 is 1.50 bits per heavy atom. The maximum absolute atomic E-state index is 10.8. The molecular weight excluding hydrogens is 154 g/mol. The SMILES string of the molecule is CCCC(C)C(C(=O)O)N(C)C. The van der Waals surface area contributed by atoms with Gasteiger partial charge in [-0.05, 0) is 26.4 Å². The summed E-state index contributed by atoms with van der Waals surface area (Å²) < 4.78 is 0. The van der Waals surface area contributed by atoms with E-state index in [-0.39, 0.29) is 12.0 Å². The molecule has 0 saturated carbocycles. The quantitative estimate of drug-likeness (QED) is 0.684. The molecule has 0 aliphatic rings. The van der Waals surface area contributed by atoms with E-state index in [1.54, 1.807) is 4.90 Å². The first-order valence-corrected chi connectivity index (χ1v) is 4.40. The van der Waals surface area contributed by atoms with E-state index in [2.05, 4.69) is 6.92 Å². The smallest absolute Gasteiger partial charge is 0.321 e. The van der Waals surface area contributed by atoms with Crippen molar-refractivity contribution < 1.29 is 9.90 Å². The Balaban J connectivity index is 4.19. The lowest BCUT2D eigenvalue weighted by Gasteiger charge is -2.25. The molecule has 0 rings (SSSR count). The molecule has 0 aliphatic heterocycles.